The number of aryl methyl sites for hydroxylation is 3. The molecule has 1 aromatic rings. The zero-order valence-electron chi connectivity index (χ0n) is 16.2. The number of likely N-dealkylation sites (N-methyl/N-ethyl adjacent to an activating group) is 1. The number of hydrogen-bond donors (Lipinski definition) is 2. The molecule has 0 bridgehead atoms. The zero-order chi connectivity index (χ0) is 19.4. The van der Waals surface area contributed by atoms with Crippen LogP contribution >= 0.6 is 0 Å². The van der Waals surface area contributed by atoms with Gasteiger partial charge in [-0.15, -0.1) is 0 Å². The third kappa shape index (κ3) is 6.21. The number of nitrogens with zero attached hydrogens (tertiary/aromatic N) is 1. The van der Waals surface area contributed by atoms with Crippen molar-refractivity contribution in [1.82, 2.24) is 10.2 Å². The predicted octanol–water partition coefficient (Wildman–Crippen LogP) is 2.17. The first-order valence-electron chi connectivity index (χ1n) is 8.31. The fraction of sp³-hybridized carbons (Fsp3) is 0.526. The summed E-state index contributed by atoms with van der Waals surface area (Å²) in [6.07, 6.45) is 0. The highest BCUT2D eigenvalue weighted by Crippen LogP contribution is 2.21. The van der Waals surface area contributed by atoms with Gasteiger partial charge in [0.25, 0.3) is 0 Å². The van der Waals surface area contributed by atoms with Gasteiger partial charge in [-0.05, 0) is 31.9 Å². The van der Waals surface area contributed by atoms with Crippen molar-refractivity contribution in [2.45, 2.75) is 41.5 Å². The van der Waals surface area contributed by atoms with Gasteiger partial charge in [-0.2, -0.15) is 0 Å². The number of amides is 3. The first-order valence-corrected chi connectivity index (χ1v) is 8.31. The normalized spacial score (nSPS) is 11.0. The molecule has 0 spiro atoms. The van der Waals surface area contributed by atoms with Crippen LogP contribution in [-0.2, 0) is 14.4 Å². The summed E-state index contributed by atoms with van der Waals surface area (Å²) in [7, 11) is 1.54. The third-order valence-electron chi connectivity index (χ3n) is 3.83. The van der Waals surface area contributed by atoms with Crippen LogP contribution in [0, 0.1) is 26.2 Å². The highest BCUT2D eigenvalue weighted by atomic mass is 16.2. The van der Waals surface area contributed by atoms with Gasteiger partial charge in [0, 0.05) is 18.2 Å². The van der Waals surface area contributed by atoms with Crippen LogP contribution in [-0.4, -0.2) is 42.8 Å². The van der Waals surface area contributed by atoms with E-state index in [9.17, 15) is 14.4 Å². The minimum Gasteiger partial charge on any atom is -0.347 e. The van der Waals surface area contributed by atoms with Crippen molar-refractivity contribution in [3.05, 3.63) is 28.8 Å². The molecule has 0 unspecified atom stereocenters. The average molecular weight is 347 g/mol. The fourth-order valence-electron chi connectivity index (χ4n) is 2.42. The number of anilines is 1. The molecule has 0 aliphatic carbocycles. The minimum atomic E-state index is -0.559. The topological polar surface area (TPSA) is 78.5 Å². The number of carbonyl (C=O) groups is 3. The number of carbonyl (C=O) groups excluding carboxylic acids is 3. The Morgan fingerprint density at radius 3 is 2.04 bits per heavy atom. The predicted molar refractivity (Wildman–Crippen MR) is 99.4 cm³/mol. The molecule has 2 N–H and O–H groups in total. The maximum atomic E-state index is 12.2. The van der Waals surface area contributed by atoms with Crippen LogP contribution in [0.5, 0.6) is 0 Å². The summed E-state index contributed by atoms with van der Waals surface area (Å²) in [6, 6.07) is 4.00. The van der Waals surface area contributed by atoms with Crippen LogP contribution in [0.3, 0.4) is 0 Å². The second kappa shape index (κ2) is 8.14. The lowest BCUT2D eigenvalue weighted by molar-refractivity contribution is -0.135. The molecule has 0 radical (unpaired) electrons. The Hall–Kier alpha value is -2.37. The number of hydrogen-bond acceptors (Lipinski definition) is 3. The monoisotopic (exact) mass is 347 g/mol. The Labute approximate surface area is 150 Å². The van der Waals surface area contributed by atoms with Gasteiger partial charge in [-0.25, -0.2) is 0 Å². The van der Waals surface area contributed by atoms with E-state index in [1.165, 1.54) is 4.90 Å². The van der Waals surface area contributed by atoms with E-state index in [-0.39, 0.29) is 30.8 Å². The number of rotatable bonds is 5. The maximum absolute atomic E-state index is 12.2. The number of nitrogens with one attached hydrogen (secondary N) is 2. The highest BCUT2D eigenvalue weighted by molar-refractivity contribution is 5.96. The van der Waals surface area contributed by atoms with Crippen molar-refractivity contribution >= 4 is 23.4 Å². The van der Waals surface area contributed by atoms with Crippen molar-refractivity contribution in [2.24, 2.45) is 5.41 Å². The third-order valence-corrected chi connectivity index (χ3v) is 3.83. The van der Waals surface area contributed by atoms with Crippen LogP contribution in [0.1, 0.15) is 37.5 Å². The molecule has 0 saturated carbocycles. The second-order valence-corrected chi connectivity index (χ2v) is 7.50. The highest BCUT2D eigenvalue weighted by Gasteiger charge is 2.22. The molecule has 0 heterocycles. The molecule has 0 aliphatic heterocycles. The standard InChI is InChI=1S/C19H29N3O3/c1-12-8-13(2)17(14(3)9-12)21-15(23)11-22(7)16(24)10-20-18(25)19(4,5)6/h8-9H,10-11H2,1-7H3,(H,20,25)(H,21,23). The molecule has 0 atom stereocenters. The Balaban J connectivity index is 2.59. The van der Waals surface area contributed by atoms with Crippen LogP contribution in [0.15, 0.2) is 12.1 Å². The molecule has 0 saturated heterocycles. The quantitative estimate of drug-likeness (QED) is 0.857. The van der Waals surface area contributed by atoms with E-state index in [4.69, 9.17) is 0 Å². The molecule has 138 valence electrons. The van der Waals surface area contributed by atoms with Crippen LogP contribution in [0.25, 0.3) is 0 Å². The van der Waals surface area contributed by atoms with Crippen LogP contribution in [0.4, 0.5) is 5.69 Å². The van der Waals surface area contributed by atoms with Crippen molar-refractivity contribution in [2.75, 3.05) is 25.5 Å². The lowest BCUT2D eigenvalue weighted by Gasteiger charge is -2.21. The average Bonchev–Trinajstić information content (AvgIpc) is 2.46. The molecular formula is C19H29N3O3. The van der Waals surface area contributed by atoms with Crippen molar-refractivity contribution in [3.8, 4) is 0 Å². The van der Waals surface area contributed by atoms with Gasteiger partial charge in [0.15, 0.2) is 0 Å². The van der Waals surface area contributed by atoms with E-state index in [0.717, 1.165) is 22.4 Å². The van der Waals surface area contributed by atoms with E-state index in [1.807, 2.05) is 32.9 Å². The zero-order valence-corrected chi connectivity index (χ0v) is 16.2. The molecule has 0 fully saturated rings. The van der Waals surface area contributed by atoms with Crippen molar-refractivity contribution in [1.29, 1.82) is 0 Å². The first kappa shape index (κ1) is 20.7. The molecule has 1 aromatic carbocycles. The van der Waals surface area contributed by atoms with Crippen molar-refractivity contribution in [3.63, 3.8) is 0 Å². The summed E-state index contributed by atoms with van der Waals surface area (Å²) < 4.78 is 0. The molecule has 6 heteroatoms. The molecule has 25 heavy (non-hydrogen) atoms. The van der Waals surface area contributed by atoms with Gasteiger partial charge in [-0.1, -0.05) is 38.5 Å². The Morgan fingerprint density at radius 1 is 1.04 bits per heavy atom. The number of benzene rings is 1. The van der Waals surface area contributed by atoms with Crippen LogP contribution < -0.4 is 10.6 Å². The van der Waals surface area contributed by atoms with Gasteiger partial charge in [0.2, 0.25) is 17.7 Å². The Kier molecular flexibility index (Phi) is 6.73. The van der Waals surface area contributed by atoms with E-state index < -0.39 is 5.41 Å². The fourth-order valence-corrected chi connectivity index (χ4v) is 2.42. The summed E-state index contributed by atoms with van der Waals surface area (Å²) in [5, 5.41) is 5.45. The lowest BCUT2D eigenvalue weighted by Crippen LogP contribution is -2.44. The van der Waals surface area contributed by atoms with Crippen LogP contribution in [0.2, 0.25) is 0 Å². The Bertz CT molecular complexity index is 652. The summed E-state index contributed by atoms with van der Waals surface area (Å²) >= 11 is 0. The van der Waals surface area contributed by atoms with Gasteiger partial charge >= 0.3 is 0 Å². The van der Waals surface area contributed by atoms with Gasteiger partial charge in [0.1, 0.15) is 0 Å². The largest absolute Gasteiger partial charge is 0.347 e. The summed E-state index contributed by atoms with van der Waals surface area (Å²) in [5.74, 6) is -0.789. The summed E-state index contributed by atoms with van der Waals surface area (Å²) in [6.45, 7) is 11.0. The van der Waals surface area contributed by atoms with E-state index in [2.05, 4.69) is 10.6 Å². The molecule has 0 aromatic heterocycles. The smallest absolute Gasteiger partial charge is 0.243 e. The molecule has 0 aliphatic rings. The minimum absolute atomic E-state index is 0.0724. The molecule has 1 rings (SSSR count). The van der Waals surface area contributed by atoms with Gasteiger partial charge in [-0.3, -0.25) is 14.4 Å². The maximum Gasteiger partial charge on any atom is 0.243 e. The molecule has 6 nitrogen and oxygen atoms in total. The lowest BCUT2D eigenvalue weighted by atomic mass is 9.96. The Morgan fingerprint density at radius 2 is 1.56 bits per heavy atom. The first-order chi connectivity index (χ1) is 11.4. The van der Waals surface area contributed by atoms with Gasteiger partial charge < -0.3 is 15.5 Å². The van der Waals surface area contributed by atoms with E-state index in [0.29, 0.717) is 0 Å². The molecular weight excluding hydrogens is 318 g/mol. The van der Waals surface area contributed by atoms with E-state index in [1.54, 1.807) is 27.8 Å². The summed E-state index contributed by atoms with van der Waals surface area (Å²) in [4.78, 5) is 37.4. The van der Waals surface area contributed by atoms with Crippen molar-refractivity contribution < 1.29 is 14.4 Å². The van der Waals surface area contributed by atoms with E-state index >= 15 is 0 Å². The summed E-state index contributed by atoms with van der Waals surface area (Å²) in [5.41, 5.74) is 3.32. The van der Waals surface area contributed by atoms with Gasteiger partial charge in [0.05, 0.1) is 13.1 Å². The molecule has 3 amide bonds. The SMILES string of the molecule is Cc1cc(C)c(NC(=O)CN(C)C(=O)CNC(=O)C(C)(C)C)c(C)c1. The second-order valence-electron chi connectivity index (χ2n) is 7.50.